The van der Waals surface area contributed by atoms with E-state index in [1.165, 1.54) is 55.9 Å². The molecule has 0 amide bonds. The summed E-state index contributed by atoms with van der Waals surface area (Å²) in [5.41, 5.74) is 13.5. The second-order valence-corrected chi connectivity index (χ2v) is 14.1. The molecular formula is C36H43B2N. The summed E-state index contributed by atoms with van der Waals surface area (Å²) in [6.07, 6.45) is 0. The maximum absolute atomic E-state index is 2.66. The van der Waals surface area contributed by atoms with Crippen molar-refractivity contribution in [2.24, 2.45) is 0 Å². The van der Waals surface area contributed by atoms with Crippen molar-refractivity contribution in [2.45, 2.75) is 77.5 Å². The number of benzene rings is 4. The van der Waals surface area contributed by atoms with Crippen molar-refractivity contribution < 1.29 is 0 Å². The molecule has 39 heavy (non-hydrogen) atoms. The van der Waals surface area contributed by atoms with Gasteiger partial charge in [-0.1, -0.05) is 114 Å². The largest absolute Gasteiger partial charge is 0.338 e. The molecule has 0 atom stereocenters. The van der Waals surface area contributed by atoms with Gasteiger partial charge in [0.05, 0.1) is 0 Å². The van der Waals surface area contributed by atoms with Gasteiger partial charge in [0.25, 0.3) is 0 Å². The van der Waals surface area contributed by atoms with Gasteiger partial charge in [-0.3, -0.25) is 0 Å². The first-order valence-electron chi connectivity index (χ1n) is 14.5. The fraction of sp³-hybridized carbons (Fsp3) is 0.333. The van der Waals surface area contributed by atoms with Gasteiger partial charge in [0.1, 0.15) is 15.7 Å². The van der Waals surface area contributed by atoms with Gasteiger partial charge in [-0.15, -0.1) is 0 Å². The molecule has 0 bridgehead atoms. The molecule has 1 aliphatic rings. The Morgan fingerprint density at radius 3 is 1.90 bits per heavy atom. The van der Waals surface area contributed by atoms with Crippen molar-refractivity contribution in [3.05, 3.63) is 107 Å². The van der Waals surface area contributed by atoms with Crippen LogP contribution in [-0.4, -0.2) is 21.7 Å². The first-order valence-corrected chi connectivity index (χ1v) is 14.5. The molecule has 0 aliphatic heterocycles. The Labute approximate surface area is 238 Å². The molecule has 198 valence electrons. The molecule has 5 rings (SSSR count). The molecule has 0 aromatic heterocycles. The van der Waals surface area contributed by atoms with Crippen LogP contribution < -0.4 is 4.90 Å². The first-order chi connectivity index (χ1) is 18.2. The van der Waals surface area contributed by atoms with E-state index in [4.69, 9.17) is 0 Å². The minimum Gasteiger partial charge on any atom is -0.338 e. The molecule has 1 aliphatic carbocycles. The van der Waals surface area contributed by atoms with Crippen LogP contribution >= 0.6 is 0 Å². The quantitative estimate of drug-likeness (QED) is 0.238. The van der Waals surface area contributed by atoms with Crippen LogP contribution in [0.2, 0.25) is 0 Å². The van der Waals surface area contributed by atoms with Crippen LogP contribution in [0.3, 0.4) is 0 Å². The highest BCUT2D eigenvalue weighted by atomic mass is 15.2. The number of hydrogen-bond donors (Lipinski definition) is 0. The van der Waals surface area contributed by atoms with E-state index in [0.717, 1.165) is 0 Å². The summed E-state index contributed by atoms with van der Waals surface area (Å²) in [7, 11) is 4.70. The van der Waals surface area contributed by atoms with Crippen molar-refractivity contribution in [3.8, 4) is 22.3 Å². The van der Waals surface area contributed by atoms with Crippen LogP contribution in [0.4, 0.5) is 11.4 Å². The molecule has 4 aromatic rings. The Morgan fingerprint density at radius 2 is 1.28 bits per heavy atom. The zero-order valence-corrected chi connectivity index (χ0v) is 25.6. The van der Waals surface area contributed by atoms with Crippen LogP contribution in [0.15, 0.2) is 84.9 Å². The predicted molar refractivity (Wildman–Crippen MR) is 176 cm³/mol. The third-order valence-corrected chi connectivity index (χ3v) is 8.43. The molecular weight excluding hydrogens is 468 g/mol. The number of fused-ring (bicyclic) bond motifs is 3. The molecule has 0 N–H and O–H groups in total. The lowest BCUT2D eigenvalue weighted by Crippen LogP contribution is -2.34. The lowest BCUT2D eigenvalue weighted by molar-refractivity contribution is 0.645. The summed E-state index contributed by atoms with van der Waals surface area (Å²) in [6, 6.07) is 32.0. The fourth-order valence-corrected chi connectivity index (χ4v) is 6.52. The van der Waals surface area contributed by atoms with Crippen LogP contribution in [0.5, 0.6) is 0 Å². The average Bonchev–Trinajstić information content (AvgIpc) is 3.10. The summed E-state index contributed by atoms with van der Waals surface area (Å²) in [4.78, 5) is 2.66. The third kappa shape index (κ3) is 4.65. The summed E-state index contributed by atoms with van der Waals surface area (Å²) in [5, 5.41) is -0.0279. The van der Waals surface area contributed by atoms with Gasteiger partial charge in [-0.25, -0.2) is 0 Å². The fourth-order valence-electron chi connectivity index (χ4n) is 6.52. The Bertz CT molecular complexity index is 1520. The van der Waals surface area contributed by atoms with Gasteiger partial charge in [-0.05, 0) is 81.1 Å². The highest BCUT2D eigenvalue weighted by molar-refractivity contribution is 6.17. The Balaban J connectivity index is 1.85. The maximum Gasteiger partial charge on any atom is 0.114 e. The first kappa shape index (κ1) is 27.4. The summed E-state index contributed by atoms with van der Waals surface area (Å²) in [6.45, 7) is 18.9. The number of nitrogens with zero attached hydrogens (tertiary/aromatic N) is 1. The molecule has 0 saturated heterocycles. The van der Waals surface area contributed by atoms with Crippen LogP contribution in [0.25, 0.3) is 22.3 Å². The normalized spacial score (nSPS) is 14.3. The van der Waals surface area contributed by atoms with E-state index in [1.807, 2.05) is 0 Å². The molecule has 4 aromatic carbocycles. The standard InChI is InChI=1S/C36H43B2N/c1-23(2)39(31-21-18-25(22-30(31)36(7,8)38)24-14-10-9-11-15-24)33-29(35(5,6)37)20-19-27-26-16-12-13-17-28(26)34(3,4)32(27)33/h9-23H,37-38H2,1-8H3. The van der Waals surface area contributed by atoms with E-state index in [1.54, 1.807) is 0 Å². The van der Waals surface area contributed by atoms with E-state index in [-0.39, 0.29) is 22.1 Å². The lowest BCUT2D eigenvalue weighted by atomic mass is 9.64. The Hall–Kier alpha value is -3.19. The number of anilines is 2. The second kappa shape index (κ2) is 9.47. The molecule has 1 nitrogen and oxygen atoms in total. The minimum atomic E-state index is -0.0957. The summed E-state index contributed by atoms with van der Waals surface area (Å²) >= 11 is 0. The van der Waals surface area contributed by atoms with Crippen molar-refractivity contribution in [2.75, 3.05) is 4.90 Å². The predicted octanol–water partition coefficient (Wildman–Crippen LogP) is 7.94. The SMILES string of the molecule is BC(C)(C)c1cc(-c2ccccc2)ccc1N(c1c(C(B)(C)C)ccc2c1C(C)(C)c1ccccc1-2)C(C)C. The summed E-state index contributed by atoms with van der Waals surface area (Å²) in [5.74, 6) is 0. The molecule has 0 unspecified atom stereocenters. The Morgan fingerprint density at radius 1 is 0.667 bits per heavy atom. The highest BCUT2D eigenvalue weighted by Gasteiger charge is 2.41. The number of hydrogen-bond acceptors (Lipinski definition) is 1. The number of rotatable bonds is 6. The van der Waals surface area contributed by atoms with Gasteiger partial charge < -0.3 is 4.90 Å². The molecule has 0 spiro atoms. The lowest BCUT2D eigenvalue weighted by Gasteiger charge is -2.41. The van der Waals surface area contributed by atoms with Crippen LogP contribution in [0.1, 0.15) is 77.6 Å². The molecule has 0 saturated carbocycles. The molecule has 3 heteroatoms. The topological polar surface area (TPSA) is 3.24 Å². The van der Waals surface area contributed by atoms with E-state index >= 15 is 0 Å². The minimum absolute atomic E-state index is 0.00572. The van der Waals surface area contributed by atoms with Crippen molar-refractivity contribution >= 4 is 27.1 Å². The van der Waals surface area contributed by atoms with Crippen LogP contribution in [0, 0.1) is 0 Å². The van der Waals surface area contributed by atoms with Gasteiger partial charge in [0, 0.05) is 22.8 Å². The van der Waals surface area contributed by atoms with Gasteiger partial charge >= 0.3 is 0 Å². The van der Waals surface area contributed by atoms with E-state index in [0.29, 0.717) is 0 Å². The van der Waals surface area contributed by atoms with E-state index in [9.17, 15) is 0 Å². The van der Waals surface area contributed by atoms with E-state index in [2.05, 4.69) is 161 Å². The zero-order valence-electron chi connectivity index (χ0n) is 25.6. The Kier molecular flexibility index (Phi) is 6.65. The summed E-state index contributed by atoms with van der Waals surface area (Å²) < 4.78 is 0. The second-order valence-electron chi connectivity index (χ2n) is 14.1. The third-order valence-electron chi connectivity index (χ3n) is 8.43. The van der Waals surface area contributed by atoms with Gasteiger partial charge in [-0.2, -0.15) is 0 Å². The highest BCUT2D eigenvalue weighted by Crippen LogP contribution is 2.56. The maximum atomic E-state index is 2.66. The smallest absolute Gasteiger partial charge is 0.114 e. The molecule has 0 fully saturated rings. The van der Waals surface area contributed by atoms with E-state index < -0.39 is 0 Å². The van der Waals surface area contributed by atoms with Crippen LogP contribution in [-0.2, 0) is 16.0 Å². The van der Waals surface area contributed by atoms with Crippen molar-refractivity contribution in [3.63, 3.8) is 0 Å². The average molecular weight is 511 g/mol. The van der Waals surface area contributed by atoms with Gasteiger partial charge in [0.2, 0.25) is 0 Å². The molecule has 0 radical (unpaired) electrons. The molecule has 0 heterocycles. The van der Waals surface area contributed by atoms with Crippen molar-refractivity contribution in [1.29, 1.82) is 0 Å². The monoisotopic (exact) mass is 511 g/mol. The van der Waals surface area contributed by atoms with Gasteiger partial charge in [0.15, 0.2) is 0 Å². The zero-order chi connectivity index (χ0) is 28.3. The van der Waals surface area contributed by atoms with Crippen molar-refractivity contribution in [1.82, 2.24) is 0 Å².